The lowest BCUT2D eigenvalue weighted by Gasteiger charge is -2.57. The van der Waals surface area contributed by atoms with Crippen LogP contribution < -0.4 is 5.32 Å². The van der Waals surface area contributed by atoms with E-state index in [1.807, 2.05) is 0 Å². The minimum Gasteiger partial charge on any atom is -0.349 e. The molecule has 5 rings (SSSR count). The number of aryl methyl sites for hydroxylation is 3. The lowest BCUT2D eigenvalue weighted by atomic mass is 9.49. The number of carbonyl (C=O) groups excluding carboxylic acids is 2. The number of carbonyl (C=O) groups is 2. The number of hydrogen-bond donors (Lipinski definition) is 1. The molecule has 1 N–H and O–H groups in total. The lowest BCUT2D eigenvalue weighted by Crippen LogP contribution is -2.57. The average Bonchev–Trinajstić information content (AvgIpc) is 3.02. The molecule has 34 heavy (non-hydrogen) atoms. The minimum atomic E-state index is 0.0652. The summed E-state index contributed by atoms with van der Waals surface area (Å²) < 4.78 is 0. The second kappa shape index (κ2) is 8.81. The maximum atomic E-state index is 13.3. The van der Waals surface area contributed by atoms with Gasteiger partial charge in [-0.3, -0.25) is 9.59 Å². The maximum Gasteiger partial charge on any atom is 0.252 e. The summed E-state index contributed by atoms with van der Waals surface area (Å²) >= 11 is 1.72. The summed E-state index contributed by atoms with van der Waals surface area (Å²) in [6.45, 7) is 7.99. The van der Waals surface area contributed by atoms with Crippen LogP contribution in [-0.4, -0.2) is 17.7 Å². The average molecular weight is 472 g/mol. The van der Waals surface area contributed by atoms with Crippen molar-refractivity contribution in [3.05, 3.63) is 80.5 Å². The van der Waals surface area contributed by atoms with Gasteiger partial charge in [-0.15, -0.1) is 11.3 Å². The first-order chi connectivity index (χ1) is 16.2. The Bertz CT molecular complexity index is 1220. The van der Waals surface area contributed by atoms with Gasteiger partial charge in [0.1, 0.15) is 5.78 Å². The summed E-state index contributed by atoms with van der Waals surface area (Å²) in [4.78, 5) is 27.2. The zero-order valence-electron chi connectivity index (χ0n) is 20.5. The lowest BCUT2D eigenvalue weighted by molar-refractivity contribution is -0.134. The third-order valence-corrected chi connectivity index (χ3v) is 9.02. The smallest absolute Gasteiger partial charge is 0.252 e. The molecule has 4 heteroatoms. The van der Waals surface area contributed by atoms with Gasteiger partial charge in [0, 0.05) is 21.7 Å². The molecule has 2 aromatic carbocycles. The molecule has 2 fully saturated rings. The van der Waals surface area contributed by atoms with Crippen molar-refractivity contribution in [2.45, 2.75) is 65.8 Å². The van der Waals surface area contributed by atoms with Gasteiger partial charge in [-0.2, -0.15) is 0 Å². The van der Waals surface area contributed by atoms with Crippen LogP contribution in [0.4, 0.5) is 0 Å². The van der Waals surface area contributed by atoms with E-state index in [4.69, 9.17) is 0 Å². The standard InChI is InChI=1S/C30H33NO2S/c1-18-5-9-23(10-6-18)24-11-7-22(8-12-24)13-27-20(3)34-21(4)28(27)29(33)31-26-16-30(17-26)14-25(15-30)19(2)32/h5-12,25-26H,13-17H2,1-4H3,(H,31,33). The molecule has 0 bridgehead atoms. The SMILES string of the molecule is CC(=O)C1CC2(CC(NC(=O)c3c(C)sc(C)c3Cc3ccc(-c4ccc(C)cc4)cc3)C2)C1. The van der Waals surface area contributed by atoms with E-state index in [-0.39, 0.29) is 17.9 Å². The Hall–Kier alpha value is -2.72. The van der Waals surface area contributed by atoms with E-state index >= 15 is 0 Å². The normalized spacial score (nSPS) is 23.3. The summed E-state index contributed by atoms with van der Waals surface area (Å²) in [7, 11) is 0. The molecule has 0 aliphatic heterocycles. The van der Waals surface area contributed by atoms with Gasteiger partial charge in [-0.25, -0.2) is 0 Å². The molecule has 2 aliphatic carbocycles. The molecule has 0 unspecified atom stereocenters. The largest absolute Gasteiger partial charge is 0.349 e. The summed E-state index contributed by atoms with van der Waals surface area (Å²) in [5.41, 5.74) is 7.24. The van der Waals surface area contributed by atoms with E-state index in [1.54, 1.807) is 18.3 Å². The van der Waals surface area contributed by atoms with Crippen LogP contribution in [0.2, 0.25) is 0 Å². The molecule has 176 valence electrons. The summed E-state index contributed by atoms with van der Waals surface area (Å²) in [6.07, 6.45) is 4.81. The van der Waals surface area contributed by atoms with Crippen LogP contribution in [0, 0.1) is 32.1 Å². The third kappa shape index (κ3) is 4.36. The van der Waals surface area contributed by atoms with Crippen LogP contribution in [0.3, 0.4) is 0 Å². The number of rotatable bonds is 6. The zero-order chi connectivity index (χ0) is 24.0. The highest BCUT2D eigenvalue weighted by Crippen LogP contribution is 2.58. The summed E-state index contributed by atoms with van der Waals surface area (Å²) in [6, 6.07) is 17.6. The van der Waals surface area contributed by atoms with E-state index in [9.17, 15) is 9.59 Å². The molecule has 2 aliphatic rings. The van der Waals surface area contributed by atoms with Crippen molar-refractivity contribution in [3.8, 4) is 11.1 Å². The van der Waals surface area contributed by atoms with Crippen LogP contribution in [0.15, 0.2) is 48.5 Å². The Labute approximate surface area is 206 Å². The van der Waals surface area contributed by atoms with Crippen molar-refractivity contribution in [2.75, 3.05) is 0 Å². The van der Waals surface area contributed by atoms with E-state index in [1.165, 1.54) is 27.1 Å². The van der Waals surface area contributed by atoms with Gasteiger partial charge in [-0.05, 0) is 87.5 Å². The van der Waals surface area contributed by atoms with E-state index in [2.05, 4.69) is 74.6 Å². The molecule has 1 amide bonds. The Morgan fingerprint density at radius 1 is 0.882 bits per heavy atom. The monoisotopic (exact) mass is 471 g/mol. The quantitative estimate of drug-likeness (QED) is 0.429. The fourth-order valence-electron chi connectivity index (χ4n) is 5.96. The first kappa shape index (κ1) is 23.0. The number of amides is 1. The highest BCUT2D eigenvalue weighted by atomic mass is 32.1. The number of ketones is 1. The molecule has 0 atom stereocenters. The first-order valence-electron chi connectivity index (χ1n) is 12.3. The van der Waals surface area contributed by atoms with Gasteiger partial charge < -0.3 is 5.32 Å². The van der Waals surface area contributed by atoms with Gasteiger partial charge in [0.15, 0.2) is 0 Å². The summed E-state index contributed by atoms with van der Waals surface area (Å²) in [5.74, 6) is 0.636. The molecule has 1 spiro atoms. The Morgan fingerprint density at radius 3 is 2.06 bits per heavy atom. The van der Waals surface area contributed by atoms with Gasteiger partial charge in [0.05, 0.1) is 5.56 Å². The molecule has 0 radical (unpaired) electrons. The molecular formula is C30H33NO2S. The van der Waals surface area contributed by atoms with Crippen LogP contribution in [-0.2, 0) is 11.2 Å². The highest BCUT2D eigenvalue weighted by Gasteiger charge is 2.54. The maximum absolute atomic E-state index is 13.3. The van der Waals surface area contributed by atoms with Crippen LogP contribution in [0.5, 0.6) is 0 Å². The second-order valence-electron chi connectivity index (χ2n) is 10.6. The molecule has 3 nitrogen and oxygen atoms in total. The van der Waals surface area contributed by atoms with Crippen molar-refractivity contribution in [2.24, 2.45) is 11.3 Å². The van der Waals surface area contributed by atoms with Crippen molar-refractivity contribution < 1.29 is 9.59 Å². The molecule has 0 saturated heterocycles. The Kier molecular flexibility index (Phi) is 5.97. The van der Waals surface area contributed by atoms with E-state index in [0.717, 1.165) is 48.1 Å². The molecule has 2 saturated carbocycles. The highest BCUT2D eigenvalue weighted by molar-refractivity contribution is 7.12. The first-order valence-corrected chi connectivity index (χ1v) is 13.1. The topological polar surface area (TPSA) is 46.2 Å². The fraction of sp³-hybridized carbons (Fsp3) is 0.400. The van der Waals surface area contributed by atoms with Gasteiger partial charge in [0.25, 0.3) is 5.91 Å². The molecule has 1 aromatic heterocycles. The molecular weight excluding hydrogens is 438 g/mol. The van der Waals surface area contributed by atoms with E-state index < -0.39 is 0 Å². The van der Waals surface area contributed by atoms with Crippen LogP contribution in [0.1, 0.15) is 69.4 Å². The van der Waals surface area contributed by atoms with E-state index in [0.29, 0.717) is 11.2 Å². The Balaban J connectivity index is 1.26. The third-order valence-electron chi connectivity index (χ3n) is 7.96. The minimum absolute atomic E-state index is 0.0652. The van der Waals surface area contributed by atoms with Crippen molar-refractivity contribution in [3.63, 3.8) is 0 Å². The van der Waals surface area contributed by atoms with Crippen molar-refractivity contribution in [1.82, 2.24) is 5.32 Å². The number of benzene rings is 2. The predicted molar refractivity (Wildman–Crippen MR) is 140 cm³/mol. The van der Waals surface area contributed by atoms with Crippen LogP contribution in [0.25, 0.3) is 11.1 Å². The number of nitrogens with one attached hydrogen (secondary N) is 1. The van der Waals surface area contributed by atoms with Gasteiger partial charge >= 0.3 is 0 Å². The van der Waals surface area contributed by atoms with Gasteiger partial charge in [0.2, 0.25) is 0 Å². The zero-order valence-corrected chi connectivity index (χ0v) is 21.4. The number of Topliss-reactive ketones (excluding diaryl/α,β-unsaturated/α-hetero) is 1. The van der Waals surface area contributed by atoms with Crippen LogP contribution >= 0.6 is 11.3 Å². The van der Waals surface area contributed by atoms with Crippen molar-refractivity contribution in [1.29, 1.82) is 0 Å². The van der Waals surface area contributed by atoms with Crippen molar-refractivity contribution >= 4 is 23.0 Å². The number of thiophene rings is 1. The number of hydrogen-bond acceptors (Lipinski definition) is 3. The fourth-order valence-corrected chi connectivity index (χ4v) is 7.03. The van der Waals surface area contributed by atoms with Gasteiger partial charge in [-0.1, -0.05) is 54.1 Å². The Morgan fingerprint density at radius 2 is 1.47 bits per heavy atom. The molecule has 1 heterocycles. The summed E-state index contributed by atoms with van der Waals surface area (Å²) in [5, 5.41) is 3.30. The second-order valence-corrected chi connectivity index (χ2v) is 12.0. The molecule has 3 aromatic rings. The predicted octanol–water partition coefficient (Wildman–Crippen LogP) is 6.81.